The van der Waals surface area contributed by atoms with Crippen LogP contribution in [0.4, 0.5) is 0 Å². The average molecular weight is 364 g/mol. The lowest BCUT2D eigenvalue weighted by molar-refractivity contribution is -0.123. The van der Waals surface area contributed by atoms with E-state index in [2.05, 4.69) is 35.6 Å². The molecular formula is C17H32N8O. The number of aromatic nitrogens is 3. The number of aliphatic imine (C=N–C) groups is 1. The fourth-order valence-electron chi connectivity index (χ4n) is 2.98. The molecule has 146 valence electrons. The second-order valence-corrected chi connectivity index (χ2v) is 6.87. The molecule has 1 aliphatic rings. The highest BCUT2D eigenvalue weighted by Crippen LogP contribution is 2.02. The zero-order valence-electron chi connectivity index (χ0n) is 16.2. The van der Waals surface area contributed by atoms with Crippen LogP contribution in [0.3, 0.4) is 0 Å². The normalized spacial score (nSPS) is 16.2. The maximum Gasteiger partial charge on any atom is 0.234 e. The van der Waals surface area contributed by atoms with Crippen molar-refractivity contribution in [3.63, 3.8) is 0 Å². The predicted octanol–water partition coefficient (Wildman–Crippen LogP) is -0.224. The molecule has 0 aromatic carbocycles. The first kappa shape index (κ1) is 20.2. The van der Waals surface area contributed by atoms with Gasteiger partial charge in [0.05, 0.1) is 6.54 Å². The van der Waals surface area contributed by atoms with Crippen LogP contribution in [0, 0.1) is 0 Å². The third kappa shape index (κ3) is 6.99. The van der Waals surface area contributed by atoms with Crippen LogP contribution in [-0.2, 0) is 11.3 Å². The molecule has 1 amide bonds. The molecule has 0 unspecified atom stereocenters. The number of unbranched alkanes of at least 4 members (excludes halogenated alkanes) is 1. The minimum Gasteiger partial charge on any atom is -0.356 e. The standard InChI is InChI=1S/C17H32N8O/c1-15(2)22-16(26)12-23-8-10-25(11-9-23)17(18-3)19-6-4-5-7-24-13-20-21-14-24/h13-15H,4-12H2,1-3H3,(H,18,19)(H,22,26). The SMILES string of the molecule is CN=C(NCCCCn1cnnc1)N1CCN(CC(=O)NC(C)C)CC1. The number of guanidine groups is 1. The van der Waals surface area contributed by atoms with Crippen LogP contribution in [0.15, 0.2) is 17.6 Å². The summed E-state index contributed by atoms with van der Waals surface area (Å²) in [5, 5.41) is 14.0. The number of aryl methyl sites for hydroxylation is 1. The number of piperazine rings is 1. The Balaban J connectivity index is 1.62. The second-order valence-electron chi connectivity index (χ2n) is 6.87. The Labute approximate surface area is 155 Å². The number of hydrogen-bond acceptors (Lipinski definition) is 5. The van der Waals surface area contributed by atoms with E-state index in [1.54, 1.807) is 12.7 Å². The van der Waals surface area contributed by atoms with Crippen molar-refractivity contribution in [1.29, 1.82) is 0 Å². The average Bonchev–Trinajstić information content (AvgIpc) is 3.12. The van der Waals surface area contributed by atoms with Crippen LogP contribution < -0.4 is 10.6 Å². The van der Waals surface area contributed by atoms with Crippen LogP contribution in [0.1, 0.15) is 26.7 Å². The summed E-state index contributed by atoms with van der Waals surface area (Å²) >= 11 is 0. The Bertz CT molecular complexity index is 549. The van der Waals surface area contributed by atoms with E-state index in [4.69, 9.17) is 0 Å². The van der Waals surface area contributed by atoms with E-state index in [9.17, 15) is 4.79 Å². The Kier molecular flexibility index (Phi) is 8.33. The van der Waals surface area contributed by atoms with Gasteiger partial charge in [-0.05, 0) is 26.7 Å². The van der Waals surface area contributed by atoms with E-state index in [0.717, 1.165) is 58.1 Å². The summed E-state index contributed by atoms with van der Waals surface area (Å²) < 4.78 is 1.99. The maximum absolute atomic E-state index is 11.9. The van der Waals surface area contributed by atoms with E-state index in [1.807, 2.05) is 25.5 Å². The highest BCUT2D eigenvalue weighted by molar-refractivity contribution is 5.80. The van der Waals surface area contributed by atoms with Gasteiger partial charge in [-0.2, -0.15) is 0 Å². The molecule has 9 nitrogen and oxygen atoms in total. The lowest BCUT2D eigenvalue weighted by Crippen LogP contribution is -2.54. The van der Waals surface area contributed by atoms with Crippen LogP contribution >= 0.6 is 0 Å². The summed E-state index contributed by atoms with van der Waals surface area (Å²) in [6, 6.07) is 0.192. The first-order chi connectivity index (χ1) is 12.6. The van der Waals surface area contributed by atoms with Crippen molar-refractivity contribution in [3.8, 4) is 0 Å². The van der Waals surface area contributed by atoms with Crippen molar-refractivity contribution in [3.05, 3.63) is 12.7 Å². The van der Waals surface area contributed by atoms with Crippen molar-refractivity contribution in [1.82, 2.24) is 35.2 Å². The predicted molar refractivity (Wildman–Crippen MR) is 102 cm³/mol. The van der Waals surface area contributed by atoms with Gasteiger partial charge >= 0.3 is 0 Å². The van der Waals surface area contributed by atoms with E-state index in [-0.39, 0.29) is 11.9 Å². The Morgan fingerprint density at radius 2 is 1.85 bits per heavy atom. The molecule has 0 atom stereocenters. The number of rotatable bonds is 8. The third-order valence-electron chi connectivity index (χ3n) is 4.29. The largest absolute Gasteiger partial charge is 0.356 e. The molecule has 0 aliphatic carbocycles. The zero-order valence-corrected chi connectivity index (χ0v) is 16.2. The molecule has 2 heterocycles. The summed E-state index contributed by atoms with van der Waals surface area (Å²) in [4.78, 5) is 20.7. The van der Waals surface area contributed by atoms with Gasteiger partial charge in [0.2, 0.25) is 5.91 Å². The molecule has 0 spiro atoms. The van der Waals surface area contributed by atoms with Crippen molar-refractivity contribution < 1.29 is 4.79 Å². The highest BCUT2D eigenvalue weighted by atomic mass is 16.2. The molecule has 1 saturated heterocycles. The van der Waals surface area contributed by atoms with Gasteiger partial charge in [-0.25, -0.2) is 0 Å². The lowest BCUT2D eigenvalue weighted by Gasteiger charge is -2.36. The second kappa shape index (κ2) is 10.7. The van der Waals surface area contributed by atoms with E-state index >= 15 is 0 Å². The molecular weight excluding hydrogens is 332 g/mol. The molecule has 0 bridgehead atoms. The molecule has 1 aliphatic heterocycles. The lowest BCUT2D eigenvalue weighted by atomic mass is 10.3. The minimum absolute atomic E-state index is 0.101. The van der Waals surface area contributed by atoms with Gasteiger partial charge in [-0.1, -0.05) is 0 Å². The Hall–Kier alpha value is -2.16. The van der Waals surface area contributed by atoms with Crippen LogP contribution in [0.25, 0.3) is 0 Å². The summed E-state index contributed by atoms with van der Waals surface area (Å²) in [5.74, 6) is 1.05. The quantitative estimate of drug-likeness (QED) is 0.376. The summed E-state index contributed by atoms with van der Waals surface area (Å²) in [6.45, 7) is 9.79. The van der Waals surface area contributed by atoms with E-state index in [1.165, 1.54) is 0 Å². The molecule has 2 rings (SSSR count). The molecule has 0 saturated carbocycles. The van der Waals surface area contributed by atoms with Crippen LogP contribution in [0.5, 0.6) is 0 Å². The summed E-state index contributed by atoms with van der Waals surface area (Å²) in [6.07, 6.45) is 5.62. The maximum atomic E-state index is 11.9. The molecule has 2 N–H and O–H groups in total. The van der Waals surface area contributed by atoms with Crippen molar-refractivity contribution in [2.24, 2.45) is 4.99 Å². The highest BCUT2D eigenvalue weighted by Gasteiger charge is 2.21. The summed E-state index contributed by atoms with van der Waals surface area (Å²) in [7, 11) is 1.82. The van der Waals surface area contributed by atoms with Gasteiger partial charge in [-0.15, -0.1) is 10.2 Å². The van der Waals surface area contributed by atoms with Gasteiger partial charge in [-0.3, -0.25) is 14.7 Å². The molecule has 9 heteroatoms. The van der Waals surface area contributed by atoms with Gasteiger partial charge in [0, 0.05) is 52.4 Å². The molecule has 1 aromatic heterocycles. The van der Waals surface area contributed by atoms with E-state index < -0.39 is 0 Å². The fraction of sp³-hybridized carbons (Fsp3) is 0.765. The van der Waals surface area contributed by atoms with Gasteiger partial charge < -0.3 is 20.1 Å². The Morgan fingerprint density at radius 1 is 1.15 bits per heavy atom. The minimum atomic E-state index is 0.101. The number of hydrogen-bond donors (Lipinski definition) is 2. The van der Waals surface area contributed by atoms with Gasteiger partial charge in [0.15, 0.2) is 5.96 Å². The molecule has 26 heavy (non-hydrogen) atoms. The number of amides is 1. The number of carbonyl (C=O) groups excluding carboxylic acids is 1. The van der Waals surface area contributed by atoms with Crippen LogP contribution in [0.2, 0.25) is 0 Å². The molecule has 1 aromatic rings. The van der Waals surface area contributed by atoms with Crippen molar-refractivity contribution in [2.45, 2.75) is 39.3 Å². The third-order valence-corrected chi connectivity index (χ3v) is 4.29. The first-order valence-electron chi connectivity index (χ1n) is 9.38. The first-order valence-corrected chi connectivity index (χ1v) is 9.38. The topological polar surface area (TPSA) is 90.7 Å². The van der Waals surface area contributed by atoms with Crippen LogP contribution in [-0.4, -0.2) is 88.8 Å². The monoisotopic (exact) mass is 364 g/mol. The molecule has 1 fully saturated rings. The van der Waals surface area contributed by atoms with Gasteiger partial charge in [0.25, 0.3) is 0 Å². The fourth-order valence-corrected chi connectivity index (χ4v) is 2.98. The van der Waals surface area contributed by atoms with Crippen molar-refractivity contribution >= 4 is 11.9 Å². The van der Waals surface area contributed by atoms with Gasteiger partial charge in [0.1, 0.15) is 12.7 Å². The summed E-state index contributed by atoms with van der Waals surface area (Å²) in [5.41, 5.74) is 0. The number of nitrogens with one attached hydrogen (secondary N) is 2. The smallest absolute Gasteiger partial charge is 0.234 e. The molecule has 0 radical (unpaired) electrons. The number of carbonyl (C=O) groups is 1. The zero-order chi connectivity index (χ0) is 18.8. The van der Waals surface area contributed by atoms with Crippen molar-refractivity contribution in [2.75, 3.05) is 46.3 Å². The van der Waals surface area contributed by atoms with E-state index in [0.29, 0.717) is 6.54 Å². The number of nitrogens with zero attached hydrogens (tertiary/aromatic N) is 6. The Morgan fingerprint density at radius 3 is 2.46 bits per heavy atom.